The molecule has 2 heterocycles. The lowest BCUT2D eigenvalue weighted by Gasteiger charge is -2.34. The second-order valence-corrected chi connectivity index (χ2v) is 8.68. The van der Waals surface area contributed by atoms with Crippen molar-refractivity contribution >= 4 is 27.5 Å². The van der Waals surface area contributed by atoms with Gasteiger partial charge in [0.15, 0.2) is 0 Å². The molecule has 2 unspecified atom stereocenters. The zero-order valence-electron chi connectivity index (χ0n) is 13.7. The number of hydrogen-bond acceptors (Lipinski definition) is 4. The second-order valence-electron chi connectivity index (χ2n) is 6.37. The summed E-state index contributed by atoms with van der Waals surface area (Å²) >= 11 is 6.14. The van der Waals surface area contributed by atoms with Gasteiger partial charge in [0, 0.05) is 31.7 Å². The first kappa shape index (κ1) is 17.7. The highest BCUT2D eigenvalue weighted by Crippen LogP contribution is 2.29. The van der Waals surface area contributed by atoms with Gasteiger partial charge >= 0.3 is 0 Å². The third-order valence-electron chi connectivity index (χ3n) is 4.33. The molecule has 2 atom stereocenters. The molecule has 1 amide bonds. The van der Waals surface area contributed by atoms with Crippen LogP contribution < -0.4 is 0 Å². The summed E-state index contributed by atoms with van der Waals surface area (Å²) < 4.78 is 33.0. The zero-order chi connectivity index (χ0) is 17.5. The fourth-order valence-electron chi connectivity index (χ4n) is 3.00. The van der Waals surface area contributed by atoms with Gasteiger partial charge < -0.3 is 9.64 Å². The van der Waals surface area contributed by atoms with Crippen LogP contribution in [-0.4, -0.2) is 61.9 Å². The van der Waals surface area contributed by atoms with Gasteiger partial charge in [0.05, 0.1) is 17.2 Å². The Morgan fingerprint density at radius 3 is 2.38 bits per heavy atom. The summed E-state index contributed by atoms with van der Waals surface area (Å²) in [5.41, 5.74) is 0.354. The summed E-state index contributed by atoms with van der Waals surface area (Å²) in [7, 11) is -3.78. The van der Waals surface area contributed by atoms with Crippen molar-refractivity contribution in [1.82, 2.24) is 9.21 Å². The highest BCUT2D eigenvalue weighted by Gasteiger charge is 2.34. The van der Waals surface area contributed by atoms with E-state index >= 15 is 0 Å². The number of carbonyl (C=O) groups excluding carboxylic acids is 1. The average molecular weight is 373 g/mol. The minimum Gasteiger partial charge on any atom is -0.373 e. The Balaban J connectivity index is 1.93. The molecule has 3 rings (SSSR count). The Hall–Kier alpha value is -1.15. The first-order chi connectivity index (χ1) is 11.3. The second kappa shape index (κ2) is 6.63. The first-order valence-corrected chi connectivity index (χ1v) is 9.85. The molecular formula is C16H21ClN2O4S. The maximum Gasteiger partial charge on any atom is 0.253 e. The van der Waals surface area contributed by atoms with Crippen LogP contribution in [0, 0.1) is 0 Å². The van der Waals surface area contributed by atoms with Crippen LogP contribution in [-0.2, 0) is 14.8 Å². The Morgan fingerprint density at radius 2 is 1.83 bits per heavy atom. The standard InChI is InChI=1S/C16H21ClN2O4S/c1-11-9-19(10-12(2)23-11)24(21,22)15-8-13(4-5-14(15)17)16(20)18-6-3-7-18/h4-5,8,11-12H,3,6-7,9-10H2,1-2H3. The summed E-state index contributed by atoms with van der Waals surface area (Å²) in [5, 5.41) is 0.127. The van der Waals surface area contributed by atoms with Gasteiger partial charge in [0.1, 0.15) is 4.90 Å². The van der Waals surface area contributed by atoms with Crippen molar-refractivity contribution in [1.29, 1.82) is 0 Å². The number of hydrogen-bond donors (Lipinski definition) is 0. The van der Waals surface area contributed by atoms with E-state index in [1.54, 1.807) is 11.0 Å². The van der Waals surface area contributed by atoms with Gasteiger partial charge in [-0.15, -0.1) is 0 Å². The summed E-state index contributed by atoms with van der Waals surface area (Å²) in [6.45, 7) is 5.64. The maximum absolute atomic E-state index is 13.0. The van der Waals surface area contributed by atoms with Crippen molar-refractivity contribution in [3.05, 3.63) is 28.8 Å². The molecule has 2 aliphatic heterocycles. The highest BCUT2D eigenvalue weighted by atomic mass is 35.5. The normalized spacial score (nSPS) is 25.4. The summed E-state index contributed by atoms with van der Waals surface area (Å²) in [4.78, 5) is 14.0. The summed E-state index contributed by atoms with van der Waals surface area (Å²) in [5.74, 6) is -0.155. The van der Waals surface area contributed by atoms with Gasteiger partial charge in [0.25, 0.3) is 5.91 Å². The Morgan fingerprint density at radius 1 is 1.21 bits per heavy atom. The van der Waals surface area contributed by atoms with Crippen LogP contribution in [0.5, 0.6) is 0 Å². The van der Waals surface area contributed by atoms with Crippen molar-refractivity contribution in [2.45, 2.75) is 37.4 Å². The molecule has 2 aliphatic rings. The predicted octanol–water partition coefficient (Wildman–Crippen LogP) is 1.98. The fraction of sp³-hybridized carbons (Fsp3) is 0.562. The summed E-state index contributed by atoms with van der Waals surface area (Å²) in [6.07, 6.45) is 0.606. The molecule has 6 nitrogen and oxygen atoms in total. The number of rotatable bonds is 3. The molecule has 0 N–H and O–H groups in total. The third-order valence-corrected chi connectivity index (χ3v) is 6.64. The van der Waals surface area contributed by atoms with E-state index in [0.717, 1.165) is 6.42 Å². The number of carbonyl (C=O) groups is 1. The van der Waals surface area contributed by atoms with Gasteiger partial charge in [-0.25, -0.2) is 8.42 Å². The molecule has 0 saturated carbocycles. The number of nitrogens with zero attached hydrogens (tertiary/aromatic N) is 2. The van der Waals surface area contributed by atoms with E-state index in [9.17, 15) is 13.2 Å². The number of ether oxygens (including phenoxy) is 1. The van der Waals surface area contributed by atoms with Crippen molar-refractivity contribution in [3.63, 3.8) is 0 Å². The number of sulfonamides is 1. The fourth-order valence-corrected chi connectivity index (χ4v) is 5.09. The molecule has 132 valence electrons. The van der Waals surface area contributed by atoms with Crippen molar-refractivity contribution in [2.24, 2.45) is 0 Å². The number of morpholine rings is 1. The molecule has 1 aromatic carbocycles. The molecule has 1 aromatic rings. The average Bonchev–Trinajstić information content (AvgIpc) is 2.44. The van der Waals surface area contributed by atoms with E-state index in [-0.39, 0.29) is 41.1 Å². The number of halogens is 1. The van der Waals surface area contributed by atoms with Crippen molar-refractivity contribution in [3.8, 4) is 0 Å². The topological polar surface area (TPSA) is 66.9 Å². The number of benzene rings is 1. The third kappa shape index (κ3) is 3.31. The van der Waals surface area contributed by atoms with E-state index in [4.69, 9.17) is 16.3 Å². The van der Waals surface area contributed by atoms with Crippen LogP contribution in [0.15, 0.2) is 23.1 Å². The minimum atomic E-state index is -3.78. The molecular weight excluding hydrogens is 352 g/mol. The molecule has 0 spiro atoms. The number of amides is 1. The van der Waals surface area contributed by atoms with E-state index < -0.39 is 10.0 Å². The van der Waals surface area contributed by atoms with Crippen LogP contribution in [0.3, 0.4) is 0 Å². The lowest BCUT2D eigenvalue weighted by Crippen LogP contribution is -2.48. The van der Waals surface area contributed by atoms with Gasteiger partial charge in [-0.1, -0.05) is 11.6 Å². The van der Waals surface area contributed by atoms with Crippen LogP contribution in [0.4, 0.5) is 0 Å². The maximum atomic E-state index is 13.0. The minimum absolute atomic E-state index is 0.0168. The van der Waals surface area contributed by atoms with E-state index in [1.165, 1.54) is 16.4 Å². The molecule has 2 saturated heterocycles. The molecule has 0 radical (unpaired) electrons. The Kier molecular flexibility index (Phi) is 4.88. The summed E-state index contributed by atoms with van der Waals surface area (Å²) in [6, 6.07) is 4.45. The molecule has 24 heavy (non-hydrogen) atoms. The van der Waals surface area contributed by atoms with Crippen molar-refractivity contribution < 1.29 is 17.9 Å². The highest BCUT2D eigenvalue weighted by molar-refractivity contribution is 7.89. The quantitative estimate of drug-likeness (QED) is 0.813. The molecule has 0 aromatic heterocycles. The van der Waals surface area contributed by atoms with E-state index in [2.05, 4.69) is 0 Å². The van der Waals surface area contributed by atoms with Crippen LogP contribution >= 0.6 is 11.6 Å². The largest absolute Gasteiger partial charge is 0.373 e. The molecule has 0 bridgehead atoms. The van der Waals surface area contributed by atoms with Crippen LogP contribution in [0.1, 0.15) is 30.6 Å². The van der Waals surface area contributed by atoms with Crippen LogP contribution in [0.25, 0.3) is 0 Å². The van der Waals surface area contributed by atoms with Crippen LogP contribution in [0.2, 0.25) is 5.02 Å². The van der Waals surface area contributed by atoms with Gasteiger partial charge in [0.2, 0.25) is 10.0 Å². The van der Waals surface area contributed by atoms with Crippen molar-refractivity contribution in [2.75, 3.05) is 26.2 Å². The first-order valence-electron chi connectivity index (χ1n) is 8.03. The molecule has 8 heteroatoms. The smallest absolute Gasteiger partial charge is 0.253 e. The lowest BCUT2D eigenvalue weighted by molar-refractivity contribution is -0.0440. The van der Waals surface area contributed by atoms with Gasteiger partial charge in [-0.3, -0.25) is 4.79 Å². The Labute approximate surface area is 147 Å². The van der Waals surface area contributed by atoms with Gasteiger partial charge in [-0.05, 0) is 38.5 Å². The van der Waals surface area contributed by atoms with E-state index in [1.807, 2.05) is 13.8 Å². The number of likely N-dealkylation sites (tertiary alicyclic amines) is 1. The molecule has 2 fully saturated rings. The SMILES string of the molecule is CC1CN(S(=O)(=O)c2cc(C(=O)N3CCC3)ccc2Cl)CC(C)O1. The lowest BCUT2D eigenvalue weighted by atomic mass is 10.1. The van der Waals surface area contributed by atoms with E-state index in [0.29, 0.717) is 18.7 Å². The predicted molar refractivity (Wildman–Crippen MR) is 90.7 cm³/mol. The zero-order valence-corrected chi connectivity index (χ0v) is 15.3. The monoisotopic (exact) mass is 372 g/mol. The van der Waals surface area contributed by atoms with Gasteiger partial charge in [-0.2, -0.15) is 4.31 Å². The molecule has 0 aliphatic carbocycles. The Bertz CT molecular complexity index is 738.